The molecule has 0 amide bonds. The van der Waals surface area contributed by atoms with Crippen molar-refractivity contribution >= 4 is 11.0 Å². The van der Waals surface area contributed by atoms with E-state index in [4.69, 9.17) is 0 Å². The first-order valence-corrected chi connectivity index (χ1v) is 12.9. The minimum atomic E-state index is 0.335. The van der Waals surface area contributed by atoms with Gasteiger partial charge in [0.1, 0.15) is 22.5 Å². The normalized spacial score (nSPS) is 11.4. The molecule has 0 saturated carbocycles. The largest absolute Gasteiger partial charge is 0.505 e. The Bertz CT molecular complexity index is 914. The van der Waals surface area contributed by atoms with Crippen LogP contribution in [0.5, 0.6) is 5.75 Å². The van der Waals surface area contributed by atoms with Gasteiger partial charge < -0.3 is 5.11 Å². The highest BCUT2D eigenvalue weighted by Gasteiger charge is 2.14. The van der Waals surface area contributed by atoms with Crippen LogP contribution in [0.2, 0.25) is 0 Å². The molecule has 0 aliphatic rings. The Balaban J connectivity index is 1.60. The zero-order chi connectivity index (χ0) is 22.6. The van der Waals surface area contributed by atoms with Gasteiger partial charge in [0.2, 0.25) is 0 Å². The Morgan fingerprint density at radius 3 is 1.84 bits per heavy atom. The summed E-state index contributed by atoms with van der Waals surface area (Å²) in [5, 5.41) is 20.3. The Labute approximate surface area is 194 Å². The highest BCUT2D eigenvalue weighted by molar-refractivity contribution is 5.73. The lowest BCUT2D eigenvalue weighted by atomic mass is 9.98. The van der Waals surface area contributed by atoms with E-state index in [1.54, 1.807) is 4.80 Å². The maximum Gasteiger partial charge on any atom is 0.146 e. The molecule has 0 radical (unpaired) electrons. The molecule has 0 aliphatic heterocycles. The number of aryl methyl sites for hydroxylation is 2. The average Bonchev–Trinajstić information content (AvgIpc) is 3.24. The molecular formula is C28H41N3O. The zero-order valence-corrected chi connectivity index (χ0v) is 20.2. The van der Waals surface area contributed by atoms with E-state index in [9.17, 15) is 5.11 Å². The number of hydrogen-bond acceptors (Lipinski definition) is 3. The summed E-state index contributed by atoms with van der Waals surface area (Å²) in [5.74, 6) is 0.335. The molecule has 4 nitrogen and oxygen atoms in total. The van der Waals surface area contributed by atoms with Gasteiger partial charge in [0, 0.05) is 0 Å². The second-order valence-corrected chi connectivity index (χ2v) is 9.14. The van der Waals surface area contributed by atoms with Crippen molar-refractivity contribution in [2.45, 2.75) is 104 Å². The van der Waals surface area contributed by atoms with Crippen LogP contribution < -0.4 is 0 Å². The number of fused-ring (bicyclic) bond motifs is 1. The standard InChI is InChI=1S/C28H41N3O/c1-3-5-7-8-9-10-11-12-13-14-18-24-21-23(17-6-4-2)22-27(28(24)32)31-29-25-19-15-16-20-26(25)30-31/h15-16,19-22,32H,3-14,17-18H2,1-2H3. The average molecular weight is 436 g/mol. The number of aromatic hydroxyl groups is 1. The molecule has 32 heavy (non-hydrogen) atoms. The summed E-state index contributed by atoms with van der Waals surface area (Å²) >= 11 is 0. The molecule has 174 valence electrons. The third kappa shape index (κ3) is 7.08. The first-order valence-electron chi connectivity index (χ1n) is 12.9. The molecule has 0 saturated heterocycles. The molecule has 4 heteroatoms. The van der Waals surface area contributed by atoms with Crippen LogP contribution in [0, 0.1) is 0 Å². The molecular weight excluding hydrogens is 394 g/mol. The van der Waals surface area contributed by atoms with E-state index in [-0.39, 0.29) is 0 Å². The molecule has 0 fully saturated rings. The monoisotopic (exact) mass is 435 g/mol. The van der Waals surface area contributed by atoms with Crippen molar-refractivity contribution in [3.63, 3.8) is 0 Å². The van der Waals surface area contributed by atoms with Crippen LogP contribution in [-0.4, -0.2) is 20.1 Å². The van der Waals surface area contributed by atoms with Gasteiger partial charge in [-0.3, -0.25) is 0 Å². The summed E-state index contributed by atoms with van der Waals surface area (Å²) in [5.41, 5.74) is 4.71. The number of unbranched alkanes of at least 4 members (excludes halogenated alkanes) is 10. The Morgan fingerprint density at radius 1 is 0.688 bits per heavy atom. The molecule has 1 N–H and O–H groups in total. The van der Waals surface area contributed by atoms with Crippen LogP contribution in [-0.2, 0) is 12.8 Å². The summed E-state index contributed by atoms with van der Waals surface area (Å²) in [6.45, 7) is 4.49. The van der Waals surface area contributed by atoms with Gasteiger partial charge in [0.25, 0.3) is 0 Å². The predicted octanol–water partition coefficient (Wildman–Crippen LogP) is 7.93. The van der Waals surface area contributed by atoms with Gasteiger partial charge in [-0.15, -0.1) is 15.0 Å². The number of hydrogen-bond donors (Lipinski definition) is 1. The minimum absolute atomic E-state index is 0.335. The van der Waals surface area contributed by atoms with Crippen LogP contribution in [0.3, 0.4) is 0 Å². The molecule has 0 atom stereocenters. The van der Waals surface area contributed by atoms with Gasteiger partial charge in [-0.05, 0) is 55.0 Å². The lowest BCUT2D eigenvalue weighted by Crippen LogP contribution is -2.03. The van der Waals surface area contributed by atoms with E-state index in [1.165, 1.54) is 63.4 Å². The van der Waals surface area contributed by atoms with Gasteiger partial charge in [-0.25, -0.2) is 0 Å². The van der Waals surface area contributed by atoms with Gasteiger partial charge in [-0.2, -0.15) is 0 Å². The number of phenolic OH excluding ortho intramolecular Hbond substituents is 1. The summed E-state index contributed by atoms with van der Waals surface area (Å²) in [6.07, 6.45) is 17.5. The molecule has 2 aromatic carbocycles. The Kier molecular flexibility index (Phi) is 10.1. The van der Waals surface area contributed by atoms with Crippen molar-refractivity contribution in [3.8, 4) is 11.4 Å². The zero-order valence-electron chi connectivity index (χ0n) is 20.2. The number of rotatable bonds is 15. The smallest absolute Gasteiger partial charge is 0.146 e. The molecule has 0 aliphatic carbocycles. The van der Waals surface area contributed by atoms with Crippen molar-refractivity contribution in [1.82, 2.24) is 15.0 Å². The van der Waals surface area contributed by atoms with Crippen LogP contribution in [0.15, 0.2) is 36.4 Å². The molecule has 1 heterocycles. The van der Waals surface area contributed by atoms with E-state index in [1.807, 2.05) is 24.3 Å². The SMILES string of the molecule is CCCCCCCCCCCCc1cc(CCCC)cc(-n2nc3ccccc3n2)c1O. The number of benzene rings is 2. The first-order chi connectivity index (χ1) is 15.7. The summed E-state index contributed by atoms with van der Waals surface area (Å²) in [4.78, 5) is 1.61. The highest BCUT2D eigenvalue weighted by atomic mass is 16.3. The van der Waals surface area contributed by atoms with Gasteiger partial charge in [-0.1, -0.05) is 96.3 Å². The Morgan fingerprint density at radius 2 is 1.25 bits per heavy atom. The fourth-order valence-electron chi connectivity index (χ4n) is 4.38. The minimum Gasteiger partial charge on any atom is -0.505 e. The fourth-order valence-corrected chi connectivity index (χ4v) is 4.38. The lowest BCUT2D eigenvalue weighted by Gasteiger charge is -2.13. The molecule has 3 rings (SSSR count). The number of nitrogens with zero attached hydrogens (tertiary/aromatic N) is 3. The topological polar surface area (TPSA) is 50.9 Å². The maximum atomic E-state index is 11.1. The van der Waals surface area contributed by atoms with Crippen molar-refractivity contribution in [2.24, 2.45) is 0 Å². The number of aromatic nitrogens is 3. The van der Waals surface area contributed by atoms with E-state index in [2.05, 4.69) is 36.2 Å². The first kappa shape index (κ1) is 24.3. The lowest BCUT2D eigenvalue weighted by molar-refractivity contribution is 0.458. The van der Waals surface area contributed by atoms with Crippen molar-refractivity contribution in [3.05, 3.63) is 47.5 Å². The van der Waals surface area contributed by atoms with E-state index >= 15 is 0 Å². The fraction of sp³-hybridized carbons (Fsp3) is 0.571. The van der Waals surface area contributed by atoms with E-state index in [0.29, 0.717) is 11.4 Å². The van der Waals surface area contributed by atoms with E-state index in [0.717, 1.165) is 48.7 Å². The van der Waals surface area contributed by atoms with Crippen LogP contribution in [0.1, 0.15) is 102 Å². The van der Waals surface area contributed by atoms with Crippen LogP contribution >= 0.6 is 0 Å². The van der Waals surface area contributed by atoms with Gasteiger partial charge >= 0.3 is 0 Å². The third-order valence-electron chi connectivity index (χ3n) is 6.35. The van der Waals surface area contributed by atoms with E-state index < -0.39 is 0 Å². The predicted molar refractivity (Wildman–Crippen MR) is 135 cm³/mol. The quantitative estimate of drug-likeness (QED) is 0.247. The maximum absolute atomic E-state index is 11.1. The van der Waals surface area contributed by atoms with Crippen LogP contribution in [0.4, 0.5) is 0 Å². The van der Waals surface area contributed by atoms with Crippen molar-refractivity contribution in [1.29, 1.82) is 0 Å². The second kappa shape index (κ2) is 13.2. The molecule has 1 aromatic heterocycles. The summed E-state index contributed by atoms with van der Waals surface area (Å²) in [7, 11) is 0. The highest BCUT2D eigenvalue weighted by Crippen LogP contribution is 2.30. The van der Waals surface area contributed by atoms with Crippen molar-refractivity contribution < 1.29 is 5.11 Å². The molecule has 0 spiro atoms. The molecule has 0 unspecified atom stereocenters. The molecule has 3 aromatic rings. The summed E-state index contributed by atoms with van der Waals surface area (Å²) < 4.78 is 0. The van der Waals surface area contributed by atoms with Gasteiger partial charge in [0.15, 0.2) is 0 Å². The third-order valence-corrected chi connectivity index (χ3v) is 6.35. The molecule has 0 bridgehead atoms. The number of phenols is 1. The van der Waals surface area contributed by atoms with Crippen LogP contribution in [0.25, 0.3) is 16.7 Å². The van der Waals surface area contributed by atoms with Gasteiger partial charge in [0.05, 0.1) is 0 Å². The Hall–Kier alpha value is -2.36. The second-order valence-electron chi connectivity index (χ2n) is 9.14. The summed E-state index contributed by atoms with van der Waals surface area (Å²) in [6, 6.07) is 12.1. The van der Waals surface area contributed by atoms with Crippen molar-refractivity contribution in [2.75, 3.05) is 0 Å².